The monoisotopic (exact) mass is 277 g/mol. The van der Waals surface area contributed by atoms with Crippen molar-refractivity contribution in [3.8, 4) is 17.9 Å². The highest BCUT2D eigenvalue weighted by atomic mass is 16.5. The molecular formula is C17H15N3O. The first-order valence-electron chi connectivity index (χ1n) is 6.57. The number of nitrogens with zero attached hydrogens (tertiary/aromatic N) is 2. The fourth-order valence-corrected chi connectivity index (χ4v) is 1.98. The highest BCUT2D eigenvalue weighted by Gasteiger charge is 2.04. The summed E-state index contributed by atoms with van der Waals surface area (Å²) in [5.74, 6) is 0.675. The van der Waals surface area contributed by atoms with Crippen LogP contribution in [0.2, 0.25) is 0 Å². The van der Waals surface area contributed by atoms with E-state index in [-0.39, 0.29) is 6.61 Å². The first-order chi connectivity index (χ1) is 10.2. The molecule has 0 aromatic heterocycles. The van der Waals surface area contributed by atoms with Crippen LogP contribution in [0.15, 0.2) is 42.5 Å². The van der Waals surface area contributed by atoms with Crippen molar-refractivity contribution in [1.29, 1.82) is 10.5 Å². The standard InChI is InChI=1S/C17H15N3O/c1-13-3-2-4-17(16(13)11-19)20-12-14-5-7-15(8-6-14)21-10-9-18/h2-8,20H,10,12H2,1H3. The molecular weight excluding hydrogens is 262 g/mol. The average molecular weight is 277 g/mol. The van der Waals surface area contributed by atoms with E-state index in [4.69, 9.17) is 10.00 Å². The van der Waals surface area contributed by atoms with Crippen molar-refractivity contribution in [3.63, 3.8) is 0 Å². The van der Waals surface area contributed by atoms with Gasteiger partial charge in [-0.25, -0.2) is 0 Å². The molecule has 0 saturated heterocycles. The van der Waals surface area contributed by atoms with E-state index in [1.165, 1.54) is 0 Å². The molecule has 0 amide bonds. The van der Waals surface area contributed by atoms with Gasteiger partial charge in [-0.3, -0.25) is 0 Å². The molecule has 0 radical (unpaired) electrons. The van der Waals surface area contributed by atoms with Gasteiger partial charge in [0.15, 0.2) is 6.61 Å². The van der Waals surface area contributed by atoms with Crippen LogP contribution in [-0.4, -0.2) is 6.61 Å². The molecule has 1 N–H and O–H groups in total. The normalized spacial score (nSPS) is 9.48. The van der Waals surface area contributed by atoms with Crippen LogP contribution in [0.1, 0.15) is 16.7 Å². The summed E-state index contributed by atoms with van der Waals surface area (Å²) in [6, 6.07) is 17.4. The second kappa shape index (κ2) is 6.98. The van der Waals surface area contributed by atoms with E-state index in [0.717, 1.165) is 16.8 Å². The van der Waals surface area contributed by atoms with Crippen molar-refractivity contribution in [2.24, 2.45) is 0 Å². The minimum atomic E-state index is 0.0480. The molecule has 0 heterocycles. The largest absolute Gasteiger partial charge is 0.479 e. The van der Waals surface area contributed by atoms with Gasteiger partial charge in [-0.15, -0.1) is 0 Å². The van der Waals surface area contributed by atoms with Crippen LogP contribution in [0.3, 0.4) is 0 Å². The molecule has 0 atom stereocenters. The molecule has 104 valence electrons. The summed E-state index contributed by atoms with van der Waals surface area (Å²) in [5, 5.41) is 20.9. The summed E-state index contributed by atoms with van der Waals surface area (Å²) in [5.41, 5.74) is 3.54. The SMILES string of the molecule is Cc1cccc(NCc2ccc(OCC#N)cc2)c1C#N. The van der Waals surface area contributed by atoms with Crippen LogP contribution >= 0.6 is 0 Å². The third-order valence-corrected chi connectivity index (χ3v) is 3.09. The Labute approximate surface area is 124 Å². The highest BCUT2D eigenvalue weighted by Crippen LogP contribution is 2.19. The molecule has 0 bridgehead atoms. The van der Waals surface area contributed by atoms with Crippen molar-refractivity contribution in [2.45, 2.75) is 13.5 Å². The number of hydrogen-bond acceptors (Lipinski definition) is 4. The maximum absolute atomic E-state index is 9.18. The zero-order valence-electron chi connectivity index (χ0n) is 11.8. The van der Waals surface area contributed by atoms with Crippen molar-refractivity contribution < 1.29 is 4.74 Å². The van der Waals surface area contributed by atoms with Crippen LogP contribution in [0.5, 0.6) is 5.75 Å². The molecule has 0 aliphatic heterocycles. The first-order valence-corrected chi connectivity index (χ1v) is 6.57. The van der Waals surface area contributed by atoms with E-state index < -0.39 is 0 Å². The van der Waals surface area contributed by atoms with Crippen molar-refractivity contribution in [2.75, 3.05) is 11.9 Å². The number of aryl methyl sites for hydroxylation is 1. The van der Waals surface area contributed by atoms with Gasteiger partial charge in [0.2, 0.25) is 0 Å². The molecule has 4 heteroatoms. The Balaban J connectivity index is 2.02. The zero-order valence-corrected chi connectivity index (χ0v) is 11.8. The van der Waals surface area contributed by atoms with E-state index in [1.807, 2.05) is 55.5 Å². The van der Waals surface area contributed by atoms with Crippen LogP contribution in [0, 0.1) is 29.6 Å². The Morgan fingerprint density at radius 2 is 1.86 bits per heavy atom. The predicted octanol–water partition coefficient (Wildman–Crippen LogP) is 3.38. The second-order valence-corrected chi connectivity index (χ2v) is 4.55. The molecule has 2 aromatic carbocycles. The highest BCUT2D eigenvalue weighted by molar-refractivity contribution is 5.60. The Kier molecular flexibility index (Phi) is 4.79. The quantitative estimate of drug-likeness (QED) is 0.909. The lowest BCUT2D eigenvalue weighted by Gasteiger charge is -2.10. The zero-order chi connectivity index (χ0) is 15.1. The van der Waals surface area contributed by atoms with Gasteiger partial charge in [0.05, 0.1) is 11.3 Å². The van der Waals surface area contributed by atoms with E-state index in [0.29, 0.717) is 17.9 Å². The summed E-state index contributed by atoms with van der Waals surface area (Å²) >= 11 is 0. The molecule has 21 heavy (non-hydrogen) atoms. The topological polar surface area (TPSA) is 68.8 Å². The van der Waals surface area contributed by atoms with Gasteiger partial charge in [-0.2, -0.15) is 10.5 Å². The van der Waals surface area contributed by atoms with Gasteiger partial charge in [0.1, 0.15) is 17.9 Å². The number of benzene rings is 2. The Bertz CT molecular complexity index is 693. The summed E-state index contributed by atoms with van der Waals surface area (Å²) in [6.07, 6.45) is 0. The van der Waals surface area contributed by atoms with Crippen LogP contribution in [0.25, 0.3) is 0 Å². The Hall–Kier alpha value is -2.98. The van der Waals surface area contributed by atoms with E-state index in [2.05, 4.69) is 11.4 Å². The number of rotatable bonds is 5. The lowest BCUT2D eigenvalue weighted by Crippen LogP contribution is -2.02. The molecule has 0 aliphatic rings. The molecule has 2 aromatic rings. The number of nitrogens with one attached hydrogen (secondary N) is 1. The van der Waals surface area contributed by atoms with Gasteiger partial charge in [0.25, 0.3) is 0 Å². The first kappa shape index (κ1) is 14.4. The fraction of sp³-hybridized carbons (Fsp3) is 0.176. The number of nitriles is 2. The van der Waals surface area contributed by atoms with Gasteiger partial charge in [0, 0.05) is 6.54 Å². The van der Waals surface area contributed by atoms with Gasteiger partial charge < -0.3 is 10.1 Å². The van der Waals surface area contributed by atoms with Crippen molar-refractivity contribution in [1.82, 2.24) is 0 Å². The minimum absolute atomic E-state index is 0.0480. The number of hydrogen-bond donors (Lipinski definition) is 1. The van der Waals surface area contributed by atoms with Crippen LogP contribution in [0.4, 0.5) is 5.69 Å². The van der Waals surface area contributed by atoms with E-state index in [1.54, 1.807) is 0 Å². The van der Waals surface area contributed by atoms with Crippen LogP contribution < -0.4 is 10.1 Å². The van der Waals surface area contributed by atoms with Crippen LogP contribution in [-0.2, 0) is 6.54 Å². The molecule has 0 unspecified atom stereocenters. The minimum Gasteiger partial charge on any atom is -0.479 e. The molecule has 4 nitrogen and oxygen atoms in total. The third-order valence-electron chi connectivity index (χ3n) is 3.09. The number of anilines is 1. The summed E-state index contributed by atoms with van der Waals surface area (Å²) in [7, 11) is 0. The summed E-state index contributed by atoms with van der Waals surface area (Å²) in [6.45, 7) is 2.59. The molecule has 0 aliphatic carbocycles. The van der Waals surface area contributed by atoms with Gasteiger partial charge in [-0.05, 0) is 36.2 Å². The molecule has 0 saturated carbocycles. The Morgan fingerprint density at radius 1 is 1.10 bits per heavy atom. The predicted molar refractivity (Wildman–Crippen MR) is 80.8 cm³/mol. The van der Waals surface area contributed by atoms with Gasteiger partial charge >= 0.3 is 0 Å². The van der Waals surface area contributed by atoms with E-state index >= 15 is 0 Å². The smallest absolute Gasteiger partial charge is 0.174 e. The van der Waals surface area contributed by atoms with E-state index in [9.17, 15) is 5.26 Å². The van der Waals surface area contributed by atoms with Gasteiger partial charge in [-0.1, -0.05) is 24.3 Å². The third kappa shape index (κ3) is 3.75. The Morgan fingerprint density at radius 3 is 2.52 bits per heavy atom. The molecule has 2 rings (SSSR count). The molecule has 0 fully saturated rings. The lowest BCUT2D eigenvalue weighted by atomic mass is 10.1. The summed E-state index contributed by atoms with van der Waals surface area (Å²) < 4.78 is 5.20. The lowest BCUT2D eigenvalue weighted by molar-refractivity contribution is 0.368. The number of ether oxygens (including phenoxy) is 1. The second-order valence-electron chi connectivity index (χ2n) is 4.55. The maximum atomic E-state index is 9.18. The van der Waals surface area contributed by atoms with Crippen molar-refractivity contribution in [3.05, 3.63) is 59.2 Å². The average Bonchev–Trinajstić information content (AvgIpc) is 2.52. The summed E-state index contributed by atoms with van der Waals surface area (Å²) in [4.78, 5) is 0. The molecule has 0 spiro atoms. The maximum Gasteiger partial charge on any atom is 0.174 e. The fourth-order valence-electron chi connectivity index (χ4n) is 1.98. The van der Waals surface area contributed by atoms with Crippen molar-refractivity contribution >= 4 is 5.69 Å².